The summed E-state index contributed by atoms with van der Waals surface area (Å²) in [5.41, 5.74) is 0.752. The van der Waals surface area contributed by atoms with Gasteiger partial charge < -0.3 is 15.3 Å². The molecule has 1 atom stereocenters. The summed E-state index contributed by atoms with van der Waals surface area (Å²) >= 11 is 0. The minimum absolute atomic E-state index is 0.338. The van der Waals surface area contributed by atoms with Gasteiger partial charge in [0.15, 0.2) is 0 Å². The number of carbonyl (C=O) groups excluding carboxylic acids is 1. The molecular formula is C13H19N3O3. The predicted octanol–water partition coefficient (Wildman–Crippen LogP) is 1.48. The normalized spacial score (nSPS) is 11.7. The van der Waals surface area contributed by atoms with E-state index in [1.807, 2.05) is 19.1 Å². The Kier molecular flexibility index (Phi) is 5.78. The maximum atomic E-state index is 11.9. The number of rotatable bonds is 6. The molecule has 1 aromatic rings. The van der Waals surface area contributed by atoms with Crippen molar-refractivity contribution >= 4 is 12.0 Å². The van der Waals surface area contributed by atoms with Crippen molar-refractivity contribution in [2.45, 2.75) is 32.4 Å². The van der Waals surface area contributed by atoms with Gasteiger partial charge in [-0.3, -0.25) is 4.98 Å². The van der Waals surface area contributed by atoms with Gasteiger partial charge in [0.25, 0.3) is 0 Å². The number of nitrogens with one attached hydrogen (secondary N) is 1. The van der Waals surface area contributed by atoms with Crippen LogP contribution in [0.2, 0.25) is 0 Å². The largest absolute Gasteiger partial charge is 0.480 e. The quantitative estimate of drug-likeness (QED) is 0.816. The van der Waals surface area contributed by atoms with E-state index in [-0.39, 0.29) is 0 Å². The van der Waals surface area contributed by atoms with Crippen LogP contribution in [-0.4, -0.2) is 40.1 Å². The highest BCUT2D eigenvalue weighted by Gasteiger charge is 2.20. The molecule has 2 N–H and O–H groups in total. The van der Waals surface area contributed by atoms with E-state index >= 15 is 0 Å². The number of pyridine rings is 1. The monoisotopic (exact) mass is 265 g/mol. The lowest BCUT2D eigenvalue weighted by Crippen LogP contribution is -2.46. The van der Waals surface area contributed by atoms with Crippen molar-refractivity contribution in [3.05, 3.63) is 30.1 Å². The van der Waals surface area contributed by atoms with E-state index in [0.717, 1.165) is 5.69 Å². The van der Waals surface area contributed by atoms with E-state index in [1.165, 1.54) is 4.90 Å². The molecule has 6 heteroatoms. The molecule has 0 aliphatic rings. The van der Waals surface area contributed by atoms with Gasteiger partial charge in [0.05, 0.1) is 12.2 Å². The zero-order valence-corrected chi connectivity index (χ0v) is 11.2. The van der Waals surface area contributed by atoms with E-state index in [1.54, 1.807) is 19.3 Å². The summed E-state index contributed by atoms with van der Waals surface area (Å²) in [6.07, 6.45) is 2.76. The number of carbonyl (C=O) groups is 2. The Morgan fingerprint density at radius 1 is 1.47 bits per heavy atom. The molecule has 0 bridgehead atoms. The molecule has 2 amide bonds. The Morgan fingerprint density at radius 2 is 2.21 bits per heavy atom. The molecule has 1 rings (SSSR count). The Morgan fingerprint density at radius 3 is 2.74 bits per heavy atom. The second kappa shape index (κ2) is 7.35. The van der Waals surface area contributed by atoms with Crippen LogP contribution in [-0.2, 0) is 11.3 Å². The van der Waals surface area contributed by atoms with Crippen LogP contribution in [0, 0.1) is 0 Å². The van der Waals surface area contributed by atoms with Crippen LogP contribution in [0.5, 0.6) is 0 Å². The van der Waals surface area contributed by atoms with Crippen molar-refractivity contribution in [1.82, 2.24) is 15.2 Å². The highest BCUT2D eigenvalue weighted by Crippen LogP contribution is 2.02. The summed E-state index contributed by atoms with van der Waals surface area (Å²) in [6, 6.07) is 4.19. The van der Waals surface area contributed by atoms with Crippen LogP contribution in [0.3, 0.4) is 0 Å². The van der Waals surface area contributed by atoms with Crippen LogP contribution in [0.15, 0.2) is 24.4 Å². The first-order valence-corrected chi connectivity index (χ1v) is 6.19. The minimum atomic E-state index is -1.01. The van der Waals surface area contributed by atoms with Gasteiger partial charge in [0, 0.05) is 13.2 Å². The lowest BCUT2D eigenvalue weighted by atomic mass is 10.2. The average molecular weight is 265 g/mol. The van der Waals surface area contributed by atoms with Gasteiger partial charge >= 0.3 is 12.0 Å². The van der Waals surface area contributed by atoms with Gasteiger partial charge in [0.2, 0.25) is 0 Å². The van der Waals surface area contributed by atoms with Crippen LogP contribution >= 0.6 is 0 Å². The number of urea groups is 1. The lowest BCUT2D eigenvalue weighted by Gasteiger charge is -2.20. The summed E-state index contributed by atoms with van der Waals surface area (Å²) in [4.78, 5) is 28.3. The van der Waals surface area contributed by atoms with Crippen molar-refractivity contribution in [3.63, 3.8) is 0 Å². The maximum Gasteiger partial charge on any atom is 0.326 e. The molecule has 0 radical (unpaired) electrons. The third-order valence-electron chi connectivity index (χ3n) is 2.65. The number of hydrogen-bond donors (Lipinski definition) is 2. The molecule has 0 aliphatic heterocycles. The second-order valence-corrected chi connectivity index (χ2v) is 4.31. The summed E-state index contributed by atoms with van der Waals surface area (Å²) in [5.74, 6) is -1.01. The highest BCUT2D eigenvalue weighted by atomic mass is 16.4. The molecular weight excluding hydrogens is 246 g/mol. The van der Waals surface area contributed by atoms with Crippen molar-refractivity contribution in [1.29, 1.82) is 0 Å². The van der Waals surface area contributed by atoms with Crippen molar-refractivity contribution in [2.75, 3.05) is 7.05 Å². The predicted molar refractivity (Wildman–Crippen MR) is 70.6 cm³/mol. The van der Waals surface area contributed by atoms with Crippen molar-refractivity contribution < 1.29 is 14.7 Å². The molecule has 1 aromatic heterocycles. The van der Waals surface area contributed by atoms with Crippen LogP contribution < -0.4 is 5.32 Å². The van der Waals surface area contributed by atoms with Gasteiger partial charge in [-0.2, -0.15) is 0 Å². The average Bonchev–Trinajstić information content (AvgIpc) is 2.39. The summed E-state index contributed by atoms with van der Waals surface area (Å²) in [7, 11) is 1.61. The molecule has 0 aromatic carbocycles. The minimum Gasteiger partial charge on any atom is -0.480 e. The molecule has 19 heavy (non-hydrogen) atoms. The third kappa shape index (κ3) is 4.95. The van der Waals surface area contributed by atoms with Gasteiger partial charge in [-0.25, -0.2) is 9.59 Å². The Balaban J connectivity index is 2.54. The zero-order chi connectivity index (χ0) is 14.3. The summed E-state index contributed by atoms with van der Waals surface area (Å²) in [6.45, 7) is 2.21. The standard InChI is InChI=1S/C13H19N3O3/c1-3-6-11(12(17)18)15-13(19)16(2)9-10-7-4-5-8-14-10/h4-5,7-8,11H,3,6,9H2,1-2H3,(H,15,19)(H,17,18)/t11-/m1/s1. The number of carboxylic acids is 1. The first-order valence-electron chi connectivity index (χ1n) is 6.19. The zero-order valence-electron chi connectivity index (χ0n) is 11.2. The lowest BCUT2D eigenvalue weighted by molar-refractivity contribution is -0.139. The van der Waals surface area contributed by atoms with Gasteiger partial charge in [-0.1, -0.05) is 19.4 Å². The first kappa shape index (κ1) is 14.9. The van der Waals surface area contributed by atoms with Gasteiger partial charge in [-0.05, 0) is 18.6 Å². The molecule has 0 unspecified atom stereocenters. The fourth-order valence-electron chi connectivity index (χ4n) is 1.61. The molecule has 0 aliphatic carbocycles. The van der Waals surface area contributed by atoms with E-state index in [4.69, 9.17) is 5.11 Å². The molecule has 0 saturated heterocycles. The first-order chi connectivity index (χ1) is 9.04. The molecule has 1 heterocycles. The van der Waals surface area contributed by atoms with Crippen LogP contribution in [0.25, 0.3) is 0 Å². The SMILES string of the molecule is CCC[C@@H](NC(=O)N(C)Cc1ccccn1)C(=O)O. The molecule has 0 saturated carbocycles. The number of hydrogen-bond acceptors (Lipinski definition) is 3. The summed E-state index contributed by atoms with van der Waals surface area (Å²) in [5, 5.41) is 11.5. The highest BCUT2D eigenvalue weighted by molar-refractivity contribution is 5.82. The fraction of sp³-hybridized carbons (Fsp3) is 0.462. The van der Waals surface area contributed by atoms with E-state index in [2.05, 4.69) is 10.3 Å². The van der Waals surface area contributed by atoms with Gasteiger partial charge in [0.1, 0.15) is 6.04 Å². The molecule has 0 fully saturated rings. The number of aromatic nitrogens is 1. The number of aliphatic carboxylic acids is 1. The van der Waals surface area contributed by atoms with Gasteiger partial charge in [-0.15, -0.1) is 0 Å². The van der Waals surface area contributed by atoms with E-state index in [0.29, 0.717) is 19.4 Å². The third-order valence-corrected chi connectivity index (χ3v) is 2.65. The Bertz CT molecular complexity index is 422. The number of amides is 2. The second-order valence-electron chi connectivity index (χ2n) is 4.31. The summed E-state index contributed by atoms with van der Waals surface area (Å²) < 4.78 is 0. The van der Waals surface area contributed by atoms with Crippen molar-refractivity contribution in [2.24, 2.45) is 0 Å². The molecule has 0 spiro atoms. The smallest absolute Gasteiger partial charge is 0.326 e. The number of nitrogens with zero attached hydrogens (tertiary/aromatic N) is 2. The number of carboxylic acid groups (broad SMARTS) is 1. The maximum absolute atomic E-state index is 11.9. The molecule has 104 valence electrons. The Hall–Kier alpha value is -2.11. The Labute approximate surface area is 112 Å². The molecule has 6 nitrogen and oxygen atoms in total. The van der Waals surface area contributed by atoms with Crippen LogP contribution in [0.4, 0.5) is 4.79 Å². The van der Waals surface area contributed by atoms with E-state index in [9.17, 15) is 9.59 Å². The topological polar surface area (TPSA) is 82.5 Å². The van der Waals surface area contributed by atoms with Crippen LogP contribution in [0.1, 0.15) is 25.5 Å². The fourth-order valence-corrected chi connectivity index (χ4v) is 1.61. The van der Waals surface area contributed by atoms with E-state index < -0.39 is 18.0 Å². The van der Waals surface area contributed by atoms with Crippen molar-refractivity contribution in [3.8, 4) is 0 Å².